The largest absolute Gasteiger partial charge is 0.486 e. The molecule has 1 aliphatic rings. The quantitative estimate of drug-likeness (QED) is 0.768. The van der Waals surface area contributed by atoms with Gasteiger partial charge in [-0.15, -0.1) is 0 Å². The molecule has 1 heterocycles. The topological polar surface area (TPSA) is 84.9 Å². The summed E-state index contributed by atoms with van der Waals surface area (Å²) >= 11 is 6.12. The van der Waals surface area contributed by atoms with E-state index in [1.165, 1.54) is 22.5 Å². The first-order chi connectivity index (χ1) is 13.4. The first kappa shape index (κ1) is 20.4. The van der Waals surface area contributed by atoms with Crippen LogP contribution in [-0.2, 0) is 10.0 Å². The number of carbonyl (C=O) groups is 1. The Morgan fingerprint density at radius 3 is 2.43 bits per heavy atom. The van der Waals surface area contributed by atoms with E-state index in [-0.39, 0.29) is 15.5 Å². The van der Waals surface area contributed by atoms with E-state index in [0.717, 1.165) is 0 Å². The van der Waals surface area contributed by atoms with E-state index in [1.807, 2.05) is 0 Å². The molecule has 0 saturated carbocycles. The van der Waals surface area contributed by atoms with Crippen molar-refractivity contribution in [2.24, 2.45) is 0 Å². The van der Waals surface area contributed by atoms with Gasteiger partial charge in [-0.3, -0.25) is 4.79 Å². The highest BCUT2D eigenvalue weighted by Gasteiger charge is 2.25. The SMILES string of the molecule is CCN(CC)S(=O)(=O)c1cc(C(=O)Nc2ccc3c(c2)OCCO3)ccc1Cl. The molecule has 0 saturated heterocycles. The van der Waals surface area contributed by atoms with Gasteiger partial charge in [0.2, 0.25) is 10.0 Å². The molecule has 9 heteroatoms. The summed E-state index contributed by atoms with van der Waals surface area (Å²) < 4.78 is 37.8. The number of sulfonamides is 1. The fourth-order valence-corrected chi connectivity index (χ4v) is 4.83. The molecule has 2 aromatic carbocycles. The highest BCUT2D eigenvalue weighted by molar-refractivity contribution is 7.89. The summed E-state index contributed by atoms with van der Waals surface area (Å²) in [6.45, 7) is 5.02. The summed E-state index contributed by atoms with van der Waals surface area (Å²) in [5, 5.41) is 2.81. The van der Waals surface area contributed by atoms with Crippen molar-refractivity contribution < 1.29 is 22.7 Å². The second-order valence-corrected chi connectivity index (χ2v) is 8.36. The Morgan fingerprint density at radius 1 is 1.07 bits per heavy atom. The molecule has 0 spiro atoms. The Bertz CT molecular complexity index is 990. The molecule has 0 unspecified atom stereocenters. The van der Waals surface area contributed by atoms with Crippen LogP contribution in [0.3, 0.4) is 0 Å². The molecule has 1 amide bonds. The first-order valence-corrected chi connectivity index (χ1v) is 10.7. The fraction of sp³-hybridized carbons (Fsp3) is 0.316. The first-order valence-electron chi connectivity index (χ1n) is 8.87. The number of ether oxygens (including phenoxy) is 2. The van der Waals surface area contributed by atoms with E-state index in [4.69, 9.17) is 21.1 Å². The minimum atomic E-state index is -3.79. The molecule has 0 aliphatic carbocycles. The molecule has 150 valence electrons. The predicted molar refractivity (Wildman–Crippen MR) is 107 cm³/mol. The van der Waals surface area contributed by atoms with Crippen LogP contribution in [0.25, 0.3) is 0 Å². The molecule has 0 fully saturated rings. The minimum Gasteiger partial charge on any atom is -0.486 e. The van der Waals surface area contributed by atoms with Crippen LogP contribution in [0.5, 0.6) is 11.5 Å². The van der Waals surface area contributed by atoms with E-state index < -0.39 is 15.9 Å². The molecule has 0 atom stereocenters. The standard InChI is InChI=1S/C19H21ClN2O5S/c1-3-22(4-2)28(24,25)18-11-13(5-7-15(18)20)19(23)21-14-6-8-16-17(12-14)27-10-9-26-16/h5-8,11-12H,3-4,9-10H2,1-2H3,(H,21,23). The van der Waals surface area contributed by atoms with Gasteiger partial charge in [0.05, 0.1) is 5.02 Å². The maximum absolute atomic E-state index is 12.8. The highest BCUT2D eigenvalue weighted by atomic mass is 35.5. The lowest BCUT2D eigenvalue weighted by Crippen LogP contribution is -2.31. The number of amides is 1. The Hall–Kier alpha value is -2.29. The number of carbonyl (C=O) groups excluding carboxylic acids is 1. The fourth-order valence-electron chi connectivity index (χ4n) is 2.87. The predicted octanol–water partition coefficient (Wildman–Crippen LogP) is 3.39. The van der Waals surface area contributed by atoms with Gasteiger partial charge in [-0.25, -0.2) is 8.42 Å². The van der Waals surface area contributed by atoms with Gasteiger partial charge in [0, 0.05) is 30.4 Å². The van der Waals surface area contributed by atoms with Gasteiger partial charge < -0.3 is 14.8 Å². The van der Waals surface area contributed by atoms with Crippen molar-refractivity contribution >= 4 is 33.2 Å². The second-order valence-electron chi connectivity index (χ2n) is 6.05. The zero-order valence-corrected chi connectivity index (χ0v) is 17.1. The summed E-state index contributed by atoms with van der Waals surface area (Å²) in [7, 11) is -3.79. The number of rotatable bonds is 6. The normalized spacial score (nSPS) is 13.4. The lowest BCUT2D eigenvalue weighted by molar-refractivity contribution is 0.102. The molecule has 0 radical (unpaired) electrons. The second kappa shape index (κ2) is 8.38. The summed E-state index contributed by atoms with van der Waals surface area (Å²) in [6, 6.07) is 9.25. The van der Waals surface area contributed by atoms with Crippen LogP contribution in [-0.4, -0.2) is 44.9 Å². The van der Waals surface area contributed by atoms with Crippen LogP contribution in [0.1, 0.15) is 24.2 Å². The zero-order valence-electron chi connectivity index (χ0n) is 15.6. The van der Waals surface area contributed by atoms with E-state index >= 15 is 0 Å². The molecular formula is C19H21ClN2O5S. The average molecular weight is 425 g/mol. The molecule has 1 N–H and O–H groups in total. The number of halogens is 1. The smallest absolute Gasteiger partial charge is 0.255 e. The summed E-state index contributed by atoms with van der Waals surface area (Å²) in [5.41, 5.74) is 0.697. The lowest BCUT2D eigenvalue weighted by Gasteiger charge is -2.20. The van der Waals surface area contributed by atoms with Gasteiger partial charge in [-0.2, -0.15) is 4.31 Å². The van der Waals surface area contributed by atoms with Crippen molar-refractivity contribution in [1.29, 1.82) is 0 Å². The van der Waals surface area contributed by atoms with Crippen LogP contribution in [0.4, 0.5) is 5.69 Å². The molecule has 7 nitrogen and oxygen atoms in total. The van der Waals surface area contributed by atoms with Crippen LogP contribution in [0.15, 0.2) is 41.3 Å². The number of hydrogen-bond acceptors (Lipinski definition) is 5. The van der Waals surface area contributed by atoms with Gasteiger partial charge in [-0.1, -0.05) is 25.4 Å². The third-order valence-corrected chi connectivity index (χ3v) is 6.85. The number of nitrogens with zero attached hydrogens (tertiary/aromatic N) is 1. The third kappa shape index (κ3) is 4.09. The van der Waals surface area contributed by atoms with Crippen molar-refractivity contribution in [2.75, 3.05) is 31.6 Å². The Labute approximate surface area is 169 Å². The number of benzene rings is 2. The molecule has 0 bridgehead atoms. The van der Waals surface area contributed by atoms with E-state index in [9.17, 15) is 13.2 Å². The number of anilines is 1. The molecule has 28 heavy (non-hydrogen) atoms. The summed E-state index contributed by atoms with van der Waals surface area (Å²) in [4.78, 5) is 12.6. The maximum Gasteiger partial charge on any atom is 0.255 e. The van der Waals surface area contributed by atoms with Crippen molar-refractivity contribution in [3.8, 4) is 11.5 Å². The van der Waals surface area contributed by atoms with Crippen molar-refractivity contribution in [1.82, 2.24) is 4.31 Å². The highest BCUT2D eigenvalue weighted by Crippen LogP contribution is 2.33. The Morgan fingerprint density at radius 2 is 1.75 bits per heavy atom. The van der Waals surface area contributed by atoms with Gasteiger partial charge in [0.25, 0.3) is 5.91 Å². The monoisotopic (exact) mass is 424 g/mol. The van der Waals surface area contributed by atoms with Gasteiger partial charge in [0.1, 0.15) is 18.1 Å². The zero-order chi connectivity index (χ0) is 20.3. The summed E-state index contributed by atoms with van der Waals surface area (Å²) in [5.74, 6) is 0.706. The van der Waals surface area contributed by atoms with E-state index in [1.54, 1.807) is 32.0 Å². The number of hydrogen-bond donors (Lipinski definition) is 1. The maximum atomic E-state index is 12.8. The minimum absolute atomic E-state index is 0.0720. The third-order valence-electron chi connectivity index (χ3n) is 4.32. The molecule has 0 aromatic heterocycles. The lowest BCUT2D eigenvalue weighted by atomic mass is 10.2. The van der Waals surface area contributed by atoms with Crippen molar-refractivity contribution in [2.45, 2.75) is 18.7 Å². The molecule has 1 aliphatic heterocycles. The summed E-state index contributed by atoms with van der Waals surface area (Å²) in [6.07, 6.45) is 0. The van der Waals surface area contributed by atoms with E-state index in [2.05, 4.69) is 5.32 Å². The van der Waals surface area contributed by atoms with Crippen LogP contribution in [0.2, 0.25) is 5.02 Å². The number of fused-ring (bicyclic) bond motifs is 1. The molecular weight excluding hydrogens is 404 g/mol. The van der Waals surface area contributed by atoms with Gasteiger partial charge >= 0.3 is 0 Å². The number of nitrogens with one attached hydrogen (secondary N) is 1. The molecule has 3 rings (SSSR count). The molecule has 2 aromatic rings. The van der Waals surface area contributed by atoms with Gasteiger partial charge in [-0.05, 0) is 30.3 Å². The van der Waals surface area contributed by atoms with Crippen LogP contribution < -0.4 is 14.8 Å². The van der Waals surface area contributed by atoms with Crippen molar-refractivity contribution in [3.63, 3.8) is 0 Å². The average Bonchev–Trinajstić information content (AvgIpc) is 2.68. The Kier molecular flexibility index (Phi) is 6.12. The Balaban J connectivity index is 1.87. The van der Waals surface area contributed by atoms with Gasteiger partial charge in [0.15, 0.2) is 11.5 Å². The van der Waals surface area contributed by atoms with Crippen LogP contribution in [0, 0.1) is 0 Å². The van der Waals surface area contributed by atoms with E-state index in [0.29, 0.717) is 43.5 Å². The van der Waals surface area contributed by atoms with Crippen LogP contribution >= 0.6 is 11.6 Å². The van der Waals surface area contributed by atoms with Crippen molar-refractivity contribution in [3.05, 3.63) is 47.0 Å².